The Balaban J connectivity index is 1.79. The van der Waals surface area contributed by atoms with Gasteiger partial charge >= 0.3 is 0 Å². The second-order valence-electron chi connectivity index (χ2n) is 7.23. The molecule has 1 aliphatic rings. The van der Waals surface area contributed by atoms with Gasteiger partial charge < -0.3 is 9.15 Å². The fraction of sp³-hybridized carbons (Fsp3) is 0.125. The minimum Gasteiger partial charge on any atom is -0.494 e. The molecule has 0 fully saturated rings. The van der Waals surface area contributed by atoms with Crippen LogP contribution in [0.15, 0.2) is 70.0 Å². The SMILES string of the molecule is CCOc1cccc(C2c3c(oc4ccc(F)cc4c3=O)C(=O)N2c2ccc(Cl)cn2)c1. The quantitative estimate of drug-likeness (QED) is 0.431. The molecule has 5 rings (SSSR count). The highest BCUT2D eigenvalue weighted by atomic mass is 35.5. The summed E-state index contributed by atoms with van der Waals surface area (Å²) in [7, 11) is 0. The van der Waals surface area contributed by atoms with Crippen LogP contribution < -0.4 is 15.1 Å². The molecule has 0 N–H and O–H groups in total. The van der Waals surface area contributed by atoms with Gasteiger partial charge in [-0.1, -0.05) is 23.7 Å². The number of hydrogen-bond donors (Lipinski definition) is 0. The lowest BCUT2D eigenvalue weighted by atomic mass is 9.98. The van der Waals surface area contributed by atoms with Gasteiger partial charge in [-0.25, -0.2) is 9.37 Å². The third kappa shape index (κ3) is 3.22. The van der Waals surface area contributed by atoms with Crippen molar-refractivity contribution in [2.24, 2.45) is 0 Å². The first-order chi connectivity index (χ1) is 15.5. The predicted molar refractivity (Wildman–Crippen MR) is 118 cm³/mol. The van der Waals surface area contributed by atoms with Crippen molar-refractivity contribution in [1.82, 2.24) is 4.98 Å². The number of halogens is 2. The molecule has 2 aromatic carbocycles. The van der Waals surface area contributed by atoms with Crippen molar-refractivity contribution < 1.29 is 18.3 Å². The maximum absolute atomic E-state index is 13.9. The Morgan fingerprint density at radius 2 is 2.00 bits per heavy atom. The molecule has 0 spiro atoms. The Morgan fingerprint density at radius 3 is 2.75 bits per heavy atom. The summed E-state index contributed by atoms with van der Waals surface area (Å²) in [5, 5.41) is 0.469. The molecule has 0 aliphatic carbocycles. The first-order valence-corrected chi connectivity index (χ1v) is 10.3. The molecular formula is C24H16ClFN2O4. The van der Waals surface area contributed by atoms with E-state index in [9.17, 15) is 14.0 Å². The largest absolute Gasteiger partial charge is 0.494 e. The second-order valence-corrected chi connectivity index (χ2v) is 7.67. The zero-order valence-electron chi connectivity index (χ0n) is 16.8. The lowest BCUT2D eigenvalue weighted by molar-refractivity contribution is 0.0970. The molecule has 1 amide bonds. The highest BCUT2D eigenvalue weighted by Crippen LogP contribution is 2.41. The van der Waals surface area contributed by atoms with Gasteiger partial charge in [-0.2, -0.15) is 0 Å². The highest BCUT2D eigenvalue weighted by molar-refractivity contribution is 6.30. The Labute approximate surface area is 186 Å². The van der Waals surface area contributed by atoms with Crippen LogP contribution in [0.4, 0.5) is 10.2 Å². The van der Waals surface area contributed by atoms with Crippen molar-refractivity contribution in [3.05, 3.63) is 98.7 Å². The summed E-state index contributed by atoms with van der Waals surface area (Å²) in [4.78, 5) is 32.6. The number of aromatic nitrogens is 1. The summed E-state index contributed by atoms with van der Waals surface area (Å²) in [6.07, 6.45) is 1.42. The standard InChI is InChI=1S/C24H16ClFN2O4/c1-2-31-16-5-3-4-13(10-16)21-20-22(29)17-11-15(26)7-8-18(17)32-23(20)24(30)28(21)19-9-6-14(25)12-27-19/h3-12,21H,2H2,1H3. The lowest BCUT2D eigenvalue weighted by Gasteiger charge is -2.24. The summed E-state index contributed by atoms with van der Waals surface area (Å²) < 4.78 is 25.3. The van der Waals surface area contributed by atoms with E-state index in [1.807, 2.05) is 6.92 Å². The smallest absolute Gasteiger partial charge is 0.296 e. The van der Waals surface area contributed by atoms with Gasteiger partial charge in [0.25, 0.3) is 5.91 Å². The Morgan fingerprint density at radius 1 is 1.16 bits per heavy atom. The summed E-state index contributed by atoms with van der Waals surface area (Å²) in [5.41, 5.74) is 0.412. The number of amides is 1. The molecule has 8 heteroatoms. The molecule has 1 atom stereocenters. The average molecular weight is 451 g/mol. The average Bonchev–Trinajstić information content (AvgIpc) is 3.08. The minimum absolute atomic E-state index is 0.0634. The molecule has 0 saturated carbocycles. The second kappa shape index (κ2) is 7.76. The number of hydrogen-bond acceptors (Lipinski definition) is 5. The van der Waals surface area contributed by atoms with Gasteiger partial charge in [0.1, 0.15) is 23.0 Å². The van der Waals surface area contributed by atoms with Gasteiger partial charge in [0, 0.05) is 6.20 Å². The van der Waals surface area contributed by atoms with E-state index < -0.39 is 23.2 Å². The van der Waals surface area contributed by atoms with Crippen molar-refractivity contribution in [3.8, 4) is 5.75 Å². The van der Waals surface area contributed by atoms with Crippen LogP contribution in [-0.2, 0) is 0 Å². The van der Waals surface area contributed by atoms with Crippen LogP contribution in [0.5, 0.6) is 5.75 Å². The molecule has 0 radical (unpaired) electrons. The molecule has 1 unspecified atom stereocenters. The predicted octanol–water partition coefficient (Wildman–Crippen LogP) is 5.13. The number of rotatable bonds is 4. The van der Waals surface area contributed by atoms with E-state index in [0.29, 0.717) is 28.8 Å². The molecule has 6 nitrogen and oxygen atoms in total. The summed E-state index contributed by atoms with van der Waals surface area (Å²) in [6, 6.07) is 13.1. The number of carbonyl (C=O) groups is 1. The van der Waals surface area contributed by atoms with E-state index in [-0.39, 0.29) is 22.3 Å². The van der Waals surface area contributed by atoms with Gasteiger partial charge in [-0.15, -0.1) is 0 Å². The molecule has 2 aromatic heterocycles. The van der Waals surface area contributed by atoms with E-state index in [1.165, 1.54) is 23.2 Å². The number of anilines is 1. The van der Waals surface area contributed by atoms with E-state index >= 15 is 0 Å². The summed E-state index contributed by atoms with van der Waals surface area (Å²) >= 11 is 5.98. The van der Waals surface area contributed by atoms with Gasteiger partial charge in [-0.05, 0) is 55.0 Å². The van der Waals surface area contributed by atoms with Gasteiger partial charge in [0.05, 0.1) is 28.6 Å². The molecule has 1 aliphatic heterocycles. The fourth-order valence-corrected chi connectivity index (χ4v) is 4.06. The summed E-state index contributed by atoms with van der Waals surface area (Å²) in [5.74, 6) is -0.304. The number of benzene rings is 2. The first kappa shape index (κ1) is 20.2. The van der Waals surface area contributed by atoms with E-state index in [0.717, 1.165) is 6.07 Å². The molecular weight excluding hydrogens is 435 g/mol. The number of fused-ring (bicyclic) bond motifs is 2. The van der Waals surface area contributed by atoms with Gasteiger partial charge in [0.15, 0.2) is 5.43 Å². The van der Waals surface area contributed by atoms with E-state index in [2.05, 4.69) is 4.98 Å². The van der Waals surface area contributed by atoms with Crippen LogP contribution in [0.2, 0.25) is 5.02 Å². The van der Waals surface area contributed by atoms with Crippen molar-refractivity contribution >= 4 is 34.3 Å². The molecule has 4 aromatic rings. The maximum Gasteiger partial charge on any atom is 0.296 e. The monoisotopic (exact) mass is 450 g/mol. The van der Waals surface area contributed by atoms with Crippen molar-refractivity contribution in [1.29, 1.82) is 0 Å². The van der Waals surface area contributed by atoms with Crippen LogP contribution in [-0.4, -0.2) is 17.5 Å². The fourth-order valence-electron chi connectivity index (χ4n) is 3.95. The van der Waals surface area contributed by atoms with E-state index in [4.69, 9.17) is 20.8 Å². The zero-order chi connectivity index (χ0) is 22.4. The third-order valence-corrected chi connectivity index (χ3v) is 5.50. The number of pyridine rings is 1. The number of nitrogens with zero attached hydrogens (tertiary/aromatic N) is 2. The molecule has 32 heavy (non-hydrogen) atoms. The zero-order valence-corrected chi connectivity index (χ0v) is 17.6. The highest BCUT2D eigenvalue weighted by Gasteiger charge is 2.44. The normalized spacial score (nSPS) is 15.3. The number of carbonyl (C=O) groups excluding carboxylic acids is 1. The minimum atomic E-state index is -0.838. The Kier molecular flexibility index (Phi) is 4.90. The van der Waals surface area contributed by atoms with Crippen molar-refractivity contribution in [2.45, 2.75) is 13.0 Å². The molecule has 3 heterocycles. The van der Waals surface area contributed by atoms with Crippen LogP contribution in [0.25, 0.3) is 11.0 Å². The summed E-state index contributed by atoms with van der Waals surface area (Å²) in [6.45, 7) is 2.32. The number of ether oxygens (including phenoxy) is 1. The molecule has 160 valence electrons. The van der Waals surface area contributed by atoms with E-state index in [1.54, 1.807) is 36.4 Å². The van der Waals surface area contributed by atoms with Crippen molar-refractivity contribution in [2.75, 3.05) is 11.5 Å². The van der Waals surface area contributed by atoms with Gasteiger partial charge in [-0.3, -0.25) is 14.5 Å². The molecule has 0 bridgehead atoms. The lowest BCUT2D eigenvalue weighted by Crippen LogP contribution is -2.30. The van der Waals surface area contributed by atoms with Gasteiger partial charge in [0.2, 0.25) is 5.76 Å². The van der Waals surface area contributed by atoms with Crippen LogP contribution >= 0.6 is 11.6 Å². The Bertz CT molecular complexity index is 1420. The topological polar surface area (TPSA) is 72.6 Å². The van der Waals surface area contributed by atoms with Crippen LogP contribution in [0, 0.1) is 5.82 Å². The Hall–Kier alpha value is -3.71. The third-order valence-electron chi connectivity index (χ3n) is 5.28. The first-order valence-electron chi connectivity index (χ1n) is 9.92. The van der Waals surface area contributed by atoms with Crippen LogP contribution in [0.1, 0.15) is 34.6 Å². The van der Waals surface area contributed by atoms with Crippen molar-refractivity contribution in [3.63, 3.8) is 0 Å². The molecule has 0 saturated heterocycles. The maximum atomic E-state index is 13.9. The van der Waals surface area contributed by atoms with Crippen LogP contribution in [0.3, 0.4) is 0 Å².